The van der Waals surface area contributed by atoms with E-state index in [1.54, 1.807) is 66.9 Å². The summed E-state index contributed by atoms with van der Waals surface area (Å²) in [5.74, 6) is 0.590. The van der Waals surface area contributed by atoms with Gasteiger partial charge >= 0.3 is 0 Å². The molecule has 8 heteroatoms. The van der Waals surface area contributed by atoms with Crippen molar-refractivity contribution in [2.24, 2.45) is 0 Å². The molecule has 3 rings (SSSR count). The van der Waals surface area contributed by atoms with Gasteiger partial charge in [0.05, 0.1) is 30.7 Å². The molecule has 1 aromatic heterocycles. The van der Waals surface area contributed by atoms with Crippen LogP contribution in [0.2, 0.25) is 0 Å². The maximum atomic E-state index is 12.6. The van der Waals surface area contributed by atoms with Gasteiger partial charge in [0, 0.05) is 5.56 Å². The number of amides is 2. The number of benzene rings is 2. The Hall–Kier alpha value is -3.65. The van der Waals surface area contributed by atoms with Crippen molar-refractivity contribution in [2.45, 2.75) is 19.9 Å². The number of ether oxygens (including phenoxy) is 1. The van der Waals surface area contributed by atoms with E-state index in [0.717, 1.165) is 6.42 Å². The number of hydrogen-bond donors (Lipinski definition) is 3. The summed E-state index contributed by atoms with van der Waals surface area (Å²) in [7, 11) is 0. The van der Waals surface area contributed by atoms with Crippen LogP contribution in [0, 0.1) is 0 Å². The van der Waals surface area contributed by atoms with E-state index in [2.05, 4.69) is 16.0 Å². The maximum absolute atomic E-state index is 12.6. The summed E-state index contributed by atoms with van der Waals surface area (Å²) >= 11 is 5.27. The minimum Gasteiger partial charge on any atom is -0.494 e. The molecule has 2 aromatic carbocycles. The van der Waals surface area contributed by atoms with Gasteiger partial charge in [0.1, 0.15) is 11.5 Å². The number of anilines is 1. The SMILES string of the molecule is CCCOc1cccc(C(=O)NC(=S)Nc2ccccc2C(=O)NCc2ccco2)c1. The Morgan fingerprint density at radius 1 is 1.03 bits per heavy atom. The molecule has 1 heterocycles. The first-order chi connectivity index (χ1) is 15.1. The molecular weight excluding hydrogens is 414 g/mol. The second-order valence-electron chi connectivity index (χ2n) is 6.59. The van der Waals surface area contributed by atoms with Crippen LogP contribution in [0.25, 0.3) is 0 Å². The second-order valence-corrected chi connectivity index (χ2v) is 7.00. The summed E-state index contributed by atoms with van der Waals surface area (Å²) in [6.45, 7) is 2.84. The second kappa shape index (κ2) is 10.9. The summed E-state index contributed by atoms with van der Waals surface area (Å²) in [6.07, 6.45) is 2.42. The van der Waals surface area contributed by atoms with Gasteiger partial charge in [0.2, 0.25) is 0 Å². The van der Waals surface area contributed by atoms with E-state index in [1.807, 2.05) is 6.92 Å². The molecule has 0 radical (unpaired) electrons. The molecule has 160 valence electrons. The molecule has 2 amide bonds. The Balaban J connectivity index is 1.61. The van der Waals surface area contributed by atoms with Gasteiger partial charge in [0.25, 0.3) is 11.8 Å². The molecule has 0 atom stereocenters. The van der Waals surface area contributed by atoms with Crippen LogP contribution in [-0.4, -0.2) is 23.5 Å². The number of hydrogen-bond acceptors (Lipinski definition) is 5. The van der Waals surface area contributed by atoms with Gasteiger partial charge in [-0.3, -0.25) is 14.9 Å². The zero-order valence-corrected chi connectivity index (χ0v) is 17.8. The number of furan rings is 1. The maximum Gasteiger partial charge on any atom is 0.257 e. The standard InChI is InChI=1S/C23H23N3O4S/c1-2-12-29-17-8-5-7-16(14-17)21(27)26-23(31)25-20-11-4-3-10-19(20)22(28)24-15-18-9-6-13-30-18/h3-11,13-14H,2,12,15H2,1H3,(H,24,28)(H2,25,26,27,31). The molecule has 0 aliphatic carbocycles. The predicted octanol–water partition coefficient (Wildman–Crippen LogP) is 4.13. The van der Waals surface area contributed by atoms with Crippen molar-refractivity contribution < 1.29 is 18.7 Å². The highest BCUT2D eigenvalue weighted by atomic mass is 32.1. The molecule has 0 aliphatic rings. The van der Waals surface area contributed by atoms with Crippen LogP contribution >= 0.6 is 12.2 Å². The van der Waals surface area contributed by atoms with Crippen LogP contribution in [0.5, 0.6) is 5.75 Å². The van der Waals surface area contributed by atoms with Crippen molar-refractivity contribution in [3.05, 3.63) is 83.8 Å². The molecule has 31 heavy (non-hydrogen) atoms. The third kappa shape index (κ3) is 6.42. The lowest BCUT2D eigenvalue weighted by Crippen LogP contribution is -2.35. The van der Waals surface area contributed by atoms with Gasteiger partial charge in [-0.15, -0.1) is 0 Å². The van der Waals surface area contributed by atoms with Crippen LogP contribution in [0.3, 0.4) is 0 Å². The number of thiocarbonyl (C=S) groups is 1. The topological polar surface area (TPSA) is 92.6 Å². The number of rotatable bonds is 8. The van der Waals surface area contributed by atoms with Crippen LogP contribution in [0.1, 0.15) is 39.8 Å². The van der Waals surface area contributed by atoms with E-state index in [-0.39, 0.29) is 23.5 Å². The molecule has 0 unspecified atom stereocenters. The molecule has 7 nitrogen and oxygen atoms in total. The highest BCUT2D eigenvalue weighted by Crippen LogP contribution is 2.16. The number of nitrogens with one attached hydrogen (secondary N) is 3. The van der Waals surface area contributed by atoms with E-state index in [4.69, 9.17) is 21.4 Å². The zero-order chi connectivity index (χ0) is 22.1. The monoisotopic (exact) mass is 437 g/mol. The Morgan fingerprint density at radius 2 is 1.87 bits per heavy atom. The zero-order valence-electron chi connectivity index (χ0n) is 17.0. The fraction of sp³-hybridized carbons (Fsp3) is 0.174. The van der Waals surface area contributed by atoms with Gasteiger partial charge in [-0.05, 0) is 61.1 Å². The van der Waals surface area contributed by atoms with E-state index >= 15 is 0 Å². The van der Waals surface area contributed by atoms with E-state index in [9.17, 15) is 9.59 Å². The average Bonchev–Trinajstić information content (AvgIpc) is 3.30. The molecule has 3 N–H and O–H groups in total. The van der Waals surface area contributed by atoms with Crippen molar-refractivity contribution in [3.8, 4) is 5.75 Å². The lowest BCUT2D eigenvalue weighted by molar-refractivity contribution is 0.0947. The molecule has 0 spiro atoms. The third-order valence-electron chi connectivity index (χ3n) is 4.22. The number of para-hydroxylation sites is 1. The van der Waals surface area contributed by atoms with E-state index in [0.29, 0.717) is 34.9 Å². The van der Waals surface area contributed by atoms with Gasteiger partial charge in [0.15, 0.2) is 5.11 Å². The van der Waals surface area contributed by atoms with Gasteiger partial charge in [-0.1, -0.05) is 25.1 Å². The molecular formula is C23H23N3O4S. The Bertz CT molecular complexity index is 1050. The fourth-order valence-electron chi connectivity index (χ4n) is 2.74. The first kappa shape index (κ1) is 22.0. The van der Waals surface area contributed by atoms with Gasteiger partial charge < -0.3 is 19.8 Å². The smallest absolute Gasteiger partial charge is 0.257 e. The van der Waals surface area contributed by atoms with E-state index < -0.39 is 0 Å². The van der Waals surface area contributed by atoms with Crippen molar-refractivity contribution in [2.75, 3.05) is 11.9 Å². The van der Waals surface area contributed by atoms with Crippen molar-refractivity contribution in [1.82, 2.24) is 10.6 Å². The molecule has 0 bridgehead atoms. The van der Waals surface area contributed by atoms with E-state index in [1.165, 1.54) is 0 Å². The minimum atomic E-state index is -0.376. The largest absolute Gasteiger partial charge is 0.494 e. The van der Waals surface area contributed by atoms with Gasteiger partial charge in [-0.2, -0.15) is 0 Å². The average molecular weight is 438 g/mol. The Labute approximate surface area is 185 Å². The summed E-state index contributed by atoms with van der Waals surface area (Å²) in [4.78, 5) is 25.1. The van der Waals surface area contributed by atoms with Crippen LogP contribution in [0.4, 0.5) is 5.69 Å². The highest BCUT2D eigenvalue weighted by Gasteiger charge is 2.14. The summed E-state index contributed by atoms with van der Waals surface area (Å²) in [6, 6.07) is 17.3. The normalized spacial score (nSPS) is 10.2. The molecule has 0 saturated carbocycles. The predicted molar refractivity (Wildman–Crippen MR) is 122 cm³/mol. The number of carbonyl (C=O) groups excluding carboxylic acids is 2. The van der Waals surface area contributed by atoms with Crippen molar-refractivity contribution in [3.63, 3.8) is 0 Å². The van der Waals surface area contributed by atoms with Crippen LogP contribution in [0.15, 0.2) is 71.3 Å². The fourth-order valence-corrected chi connectivity index (χ4v) is 2.94. The highest BCUT2D eigenvalue weighted by molar-refractivity contribution is 7.80. The molecule has 0 saturated heterocycles. The summed E-state index contributed by atoms with van der Waals surface area (Å²) < 4.78 is 10.8. The lowest BCUT2D eigenvalue weighted by atomic mass is 10.1. The first-order valence-corrected chi connectivity index (χ1v) is 10.2. The minimum absolute atomic E-state index is 0.0798. The lowest BCUT2D eigenvalue weighted by Gasteiger charge is -2.14. The third-order valence-corrected chi connectivity index (χ3v) is 4.42. The molecule has 3 aromatic rings. The molecule has 0 aliphatic heterocycles. The van der Waals surface area contributed by atoms with Gasteiger partial charge in [-0.25, -0.2) is 0 Å². The van der Waals surface area contributed by atoms with Crippen molar-refractivity contribution in [1.29, 1.82) is 0 Å². The van der Waals surface area contributed by atoms with Crippen LogP contribution in [-0.2, 0) is 6.54 Å². The Morgan fingerprint density at radius 3 is 2.65 bits per heavy atom. The summed E-state index contributed by atoms with van der Waals surface area (Å²) in [5, 5.41) is 8.41. The number of carbonyl (C=O) groups is 2. The molecule has 0 fully saturated rings. The summed E-state index contributed by atoms with van der Waals surface area (Å²) in [5.41, 5.74) is 1.28. The van der Waals surface area contributed by atoms with Crippen LogP contribution < -0.4 is 20.7 Å². The Kier molecular flexibility index (Phi) is 7.78. The quantitative estimate of drug-likeness (QED) is 0.459. The first-order valence-electron chi connectivity index (χ1n) is 9.81. The van der Waals surface area contributed by atoms with Crippen molar-refractivity contribution >= 4 is 34.8 Å².